The minimum Gasteiger partial charge on any atom is -0.492 e. The maximum atomic E-state index is 13.0. The van der Waals surface area contributed by atoms with Gasteiger partial charge < -0.3 is 15.2 Å². The number of aryl methyl sites for hydroxylation is 1. The third-order valence-electron chi connectivity index (χ3n) is 5.83. The fourth-order valence-corrected chi connectivity index (χ4v) is 4.97. The molecule has 0 aliphatic heterocycles. The summed E-state index contributed by atoms with van der Waals surface area (Å²) in [7, 11) is -4.27. The molecule has 0 aliphatic rings. The van der Waals surface area contributed by atoms with Gasteiger partial charge in [-0.2, -0.15) is 18.3 Å². The van der Waals surface area contributed by atoms with E-state index in [1.54, 1.807) is 12.1 Å². The molecule has 4 N–H and O–H groups in total. The molecule has 0 saturated heterocycles. The van der Waals surface area contributed by atoms with Crippen molar-refractivity contribution in [2.45, 2.75) is 30.5 Å². The van der Waals surface area contributed by atoms with E-state index in [-0.39, 0.29) is 12.2 Å². The number of fused-ring (bicyclic) bond motifs is 1. The molecule has 0 bridgehead atoms. The number of sulfonamides is 1. The van der Waals surface area contributed by atoms with Crippen molar-refractivity contribution >= 4 is 26.6 Å². The van der Waals surface area contributed by atoms with Gasteiger partial charge in [0.25, 0.3) is 10.0 Å². The Morgan fingerprint density at radius 3 is 2.63 bits per heavy atom. The van der Waals surface area contributed by atoms with Gasteiger partial charge in [-0.1, -0.05) is 25.1 Å². The molecule has 4 rings (SSSR count). The van der Waals surface area contributed by atoms with Crippen LogP contribution in [0.15, 0.2) is 71.6 Å². The van der Waals surface area contributed by atoms with E-state index in [2.05, 4.69) is 20.2 Å². The van der Waals surface area contributed by atoms with E-state index in [0.29, 0.717) is 30.5 Å². The molecule has 12 heteroatoms. The van der Waals surface area contributed by atoms with Crippen molar-refractivity contribution in [3.05, 3.63) is 83.6 Å². The second kappa shape index (κ2) is 11.4. The number of ether oxygens (including phenoxy) is 1. The zero-order chi connectivity index (χ0) is 27.3. The fraction of sp³-hybridized carbons (Fsp3) is 0.269. The van der Waals surface area contributed by atoms with Gasteiger partial charge >= 0.3 is 6.18 Å². The first-order valence-corrected chi connectivity index (χ1v) is 13.3. The summed E-state index contributed by atoms with van der Waals surface area (Å²) in [6.45, 7) is 3.01. The van der Waals surface area contributed by atoms with Crippen LogP contribution in [0, 0.1) is 0 Å². The molecule has 1 heterocycles. The lowest BCUT2D eigenvalue weighted by atomic mass is 10.1. The van der Waals surface area contributed by atoms with Crippen LogP contribution in [0.2, 0.25) is 0 Å². The lowest BCUT2D eigenvalue weighted by molar-refractivity contribution is -0.137. The van der Waals surface area contributed by atoms with E-state index in [9.17, 15) is 26.7 Å². The minimum absolute atomic E-state index is 0.114. The van der Waals surface area contributed by atoms with E-state index >= 15 is 0 Å². The van der Waals surface area contributed by atoms with Crippen molar-refractivity contribution < 1.29 is 31.4 Å². The number of hydrogen-bond donors (Lipinski definition) is 4. The van der Waals surface area contributed by atoms with Crippen molar-refractivity contribution in [3.8, 4) is 5.75 Å². The van der Waals surface area contributed by atoms with Crippen LogP contribution >= 0.6 is 0 Å². The SMILES string of the molecule is CCc1n[nH]c2cc(OCCNC[C@H](O)c3cccc(NS(=O)(=O)c4cccc(C(F)(F)F)c4)c3)ccc12. The Kier molecular flexibility index (Phi) is 8.24. The van der Waals surface area contributed by atoms with E-state index in [1.165, 1.54) is 12.1 Å². The van der Waals surface area contributed by atoms with Crippen LogP contribution in [0.5, 0.6) is 5.75 Å². The third-order valence-corrected chi connectivity index (χ3v) is 7.21. The molecule has 0 saturated carbocycles. The summed E-state index contributed by atoms with van der Waals surface area (Å²) in [5.74, 6) is 0.687. The largest absolute Gasteiger partial charge is 0.492 e. The van der Waals surface area contributed by atoms with Gasteiger partial charge in [0.2, 0.25) is 0 Å². The van der Waals surface area contributed by atoms with Crippen molar-refractivity contribution in [1.29, 1.82) is 0 Å². The number of aromatic nitrogens is 2. The lowest BCUT2D eigenvalue weighted by Gasteiger charge is -2.15. The highest BCUT2D eigenvalue weighted by Crippen LogP contribution is 2.31. The molecule has 0 radical (unpaired) electrons. The number of hydrogen-bond acceptors (Lipinski definition) is 6. The standard InChI is InChI=1S/C26H27F3N4O4S/c1-2-23-22-10-9-20(15-24(22)32-31-23)37-12-11-30-16-25(34)17-5-3-7-19(13-17)33-38(35,36)21-8-4-6-18(14-21)26(27,28)29/h3-10,13-15,25,30,33-34H,2,11-12,16H2,1H3,(H,31,32)/t25-/m0/s1. The Morgan fingerprint density at radius 1 is 1.08 bits per heavy atom. The molecular weight excluding hydrogens is 521 g/mol. The summed E-state index contributed by atoms with van der Waals surface area (Å²) >= 11 is 0. The van der Waals surface area contributed by atoms with Gasteiger partial charge in [0.15, 0.2) is 0 Å². The number of nitrogens with one attached hydrogen (secondary N) is 3. The van der Waals surface area contributed by atoms with Gasteiger partial charge in [0.1, 0.15) is 12.4 Å². The van der Waals surface area contributed by atoms with Gasteiger partial charge in [-0.05, 0) is 54.4 Å². The van der Waals surface area contributed by atoms with Gasteiger partial charge in [0.05, 0.1) is 27.8 Å². The Balaban J connectivity index is 1.29. The van der Waals surface area contributed by atoms with Crippen LogP contribution in [-0.2, 0) is 22.6 Å². The number of aliphatic hydroxyl groups is 1. The second-order valence-electron chi connectivity index (χ2n) is 8.56. The number of benzene rings is 3. The molecule has 0 fully saturated rings. The molecule has 0 unspecified atom stereocenters. The van der Waals surface area contributed by atoms with E-state index in [0.717, 1.165) is 41.2 Å². The van der Waals surface area contributed by atoms with Gasteiger partial charge in [-0.25, -0.2) is 8.42 Å². The quantitative estimate of drug-likeness (QED) is 0.203. The Labute approximate surface area is 217 Å². The topological polar surface area (TPSA) is 116 Å². The van der Waals surface area contributed by atoms with E-state index in [1.807, 2.05) is 25.1 Å². The molecule has 1 aromatic heterocycles. The number of alkyl halides is 3. The molecule has 38 heavy (non-hydrogen) atoms. The van der Waals surface area contributed by atoms with Crippen LogP contribution in [0.25, 0.3) is 10.9 Å². The zero-order valence-corrected chi connectivity index (χ0v) is 21.2. The summed E-state index contributed by atoms with van der Waals surface area (Å²) < 4.78 is 72.2. The first-order valence-electron chi connectivity index (χ1n) is 11.9. The normalized spacial score (nSPS) is 13.0. The van der Waals surface area contributed by atoms with Crippen LogP contribution in [-0.4, -0.2) is 43.4 Å². The highest BCUT2D eigenvalue weighted by atomic mass is 32.2. The number of aliphatic hydroxyl groups excluding tert-OH is 1. The number of aromatic amines is 1. The molecule has 0 aliphatic carbocycles. The van der Waals surface area contributed by atoms with Crippen molar-refractivity contribution in [2.24, 2.45) is 0 Å². The summed E-state index contributed by atoms with van der Waals surface area (Å²) in [5.41, 5.74) is 1.37. The predicted octanol–water partition coefficient (Wildman–Crippen LogP) is 4.65. The monoisotopic (exact) mass is 548 g/mol. The average molecular weight is 549 g/mol. The Morgan fingerprint density at radius 2 is 1.87 bits per heavy atom. The molecule has 0 spiro atoms. The molecule has 8 nitrogen and oxygen atoms in total. The molecule has 0 amide bonds. The van der Waals surface area contributed by atoms with Crippen molar-refractivity contribution in [3.63, 3.8) is 0 Å². The second-order valence-corrected chi connectivity index (χ2v) is 10.2. The highest BCUT2D eigenvalue weighted by molar-refractivity contribution is 7.92. The number of anilines is 1. The maximum absolute atomic E-state index is 13.0. The predicted molar refractivity (Wildman–Crippen MR) is 137 cm³/mol. The zero-order valence-electron chi connectivity index (χ0n) is 20.4. The first kappa shape index (κ1) is 27.4. The van der Waals surface area contributed by atoms with Crippen LogP contribution in [0.3, 0.4) is 0 Å². The highest BCUT2D eigenvalue weighted by Gasteiger charge is 2.31. The van der Waals surface area contributed by atoms with Gasteiger partial charge in [0, 0.05) is 30.2 Å². The average Bonchev–Trinajstić information content (AvgIpc) is 3.30. The van der Waals surface area contributed by atoms with E-state index in [4.69, 9.17) is 4.74 Å². The maximum Gasteiger partial charge on any atom is 0.416 e. The van der Waals surface area contributed by atoms with Crippen LogP contribution < -0.4 is 14.8 Å². The molecule has 4 aromatic rings. The minimum atomic E-state index is -4.67. The van der Waals surface area contributed by atoms with Gasteiger partial charge in [-0.15, -0.1) is 0 Å². The number of halogens is 3. The summed E-state index contributed by atoms with van der Waals surface area (Å²) in [6, 6.07) is 15.2. The first-order chi connectivity index (χ1) is 18.1. The summed E-state index contributed by atoms with van der Waals surface area (Å²) in [6.07, 6.45) is -4.79. The van der Waals surface area contributed by atoms with Crippen LogP contribution in [0.1, 0.15) is 29.8 Å². The van der Waals surface area contributed by atoms with Gasteiger partial charge in [-0.3, -0.25) is 9.82 Å². The smallest absolute Gasteiger partial charge is 0.416 e. The number of nitrogens with zero attached hydrogens (tertiary/aromatic N) is 1. The lowest BCUT2D eigenvalue weighted by Crippen LogP contribution is -2.26. The Hall–Kier alpha value is -3.61. The number of H-pyrrole nitrogens is 1. The third kappa shape index (κ3) is 6.63. The molecular formula is C26H27F3N4O4S. The van der Waals surface area contributed by atoms with Crippen molar-refractivity contribution in [1.82, 2.24) is 15.5 Å². The van der Waals surface area contributed by atoms with E-state index < -0.39 is 32.8 Å². The molecule has 3 aromatic carbocycles. The van der Waals surface area contributed by atoms with Crippen molar-refractivity contribution in [2.75, 3.05) is 24.4 Å². The molecule has 202 valence electrons. The molecule has 1 atom stereocenters. The summed E-state index contributed by atoms with van der Waals surface area (Å²) in [5, 5.41) is 21.9. The number of rotatable bonds is 11. The Bertz CT molecular complexity index is 1510. The van der Waals surface area contributed by atoms with Crippen LogP contribution in [0.4, 0.5) is 18.9 Å². The summed E-state index contributed by atoms with van der Waals surface area (Å²) in [4.78, 5) is -0.516. The fourth-order valence-electron chi connectivity index (χ4n) is 3.88.